The Bertz CT molecular complexity index is 581. The molecule has 1 unspecified atom stereocenters. The number of sulfonamides is 1. The van der Waals surface area contributed by atoms with Crippen molar-refractivity contribution in [1.29, 1.82) is 0 Å². The SMILES string of the molecule is Cc1ccc(OCC(O)CN2CCC(NS(C)(=O)=O)CC2)cc1. The number of hydrogen-bond donors (Lipinski definition) is 2. The van der Waals surface area contributed by atoms with Crippen LogP contribution in [-0.2, 0) is 10.0 Å². The summed E-state index contributed by atoms with van der Waals surface area (Å²) in [5.41, 5.74) is 1.17. The van der Waals surface area contributed by atoms with E-state index in [1.165, 1.54) is 11.8 Å². The number of aliphatic hydroxyl groups excluding tert-OH is 1. The van der Waals surface area contributed by atoms with Crippen LogP contribution in [-0.4, -0.2) is 63.1 Å². The predicted octanol–water partition coefficient (Wildman–Crippen LogP) is 0.748. The number of nitrogens with one attached hydrogen (secondary N) is 1. The molecule has 1 aromatic rings. The molecule has 0 amide bonds. The van der Waals surface area contributed by atoms with Gasteiger partial charge in [-0.3, -0.25) is 0 Å². The van der Waals surface area contributed by atoms with Gasteiger partial charge in [-0.15, -0.1) is 0 Å². The Morgan fingerprint density at radius 2 is 1.91 bits per heavy atom. The van der Waals surface area contributed by atoms with Gasteiger partial charge in [-0.05, 0) is 45.0 Å². The van der Waals surface area contributed by atoms with Crippen LogP contribution in [0.3, 0.4) is 0 Å². The van der Waals surface area contributed by atoms with Gasteiger partial charge in [0.15, 0.2) is 0 Å². The maximum Gasteiger partial charge on any atom is 0.208 e. The fourth-order valence-electron chi connectivity index (χ4n) is 2.71. The van der Waals surface area contributed by atoms with E-state index in [1.807, 2.05) is 31.2 Å². The highest BCUT2D eigenvalue weighted by molar-refractivity contribution is 7.88. The van der Waals surface area contributed by atoms with Gasteiger partial charge in [0.25, 0.3) is 0 Å². The highest BCUT2D eigenvalue weighted by atomic mass is 32.2. The Morgan fingerprint density at radius 3 is 2.48 bits per heavy atom. The average molecular weight is 342 g/mol. The highest BCUT2D eigenvalue weighted by Gasteiger charge is 2.23. The Balaban J connectivity index is 1.68. The van der Waals surface area contributed by atoms with Crippen LogP contribution in [0.25, 0.3) is 0 Å². The number of ether oxygens (including phenoxy) is 1. The van der Waals surface area contributed by atoms with Crippen LogP contribution in [0, 0.1) is 6.92 Å². The zero-order valence-corrected chi connectivity index (χ0v) is 14.6. The number of β-amino-alcohol motifs (C(OH)–C–C–N with tert-alkyl or cyclic N) is 1. The standard InChI is InChI=1S/C16H26N2O4S/c1-13-3-5-16(6-4-13)22-12-15(19)11-18-9-7-14(8-10-18)17-23(2,20)21/h3-6,14-15,17,19H,7-12H2,1-2H3. The van der Waals surface area contributed by atoms with E-state index in [0.29, 0.717) is 6.54 Å². The lowest BCUT2D eigenvalue weighted by atomic mass is 10.1. The number of piperidine rings is 1. The summed E-state index contributed by atoms with van der Waals surface area (Å²) in [5.74, 6) is 0.755. The summed E-state index contributed by atoms with van der Waals surface area (Å²) in [7, 11) is -3.14. The van der Waals surface area contributed by atoms with Crippen LogP contribution in [0.2, 0.25) is 0 Å². The van der Waals surface area contributed by atoms with Gasteiger partial charge in [0.05, 0.1) is 6.26 Å². The molecule has 1 atom stereocenters. The van der Waals surface area contributed by atoms with Crippen LogP contribution in [0.1, 0.15) is 18.4 Å². The van der Waals surface area contributed by atoms with Crippen molar-refractivity contribution in [1.82, 2.24) is 9.62 Å². The summed E-state index contributed by atoms with van der Waals surface area (Å²) in [5, 5.41) is 10.1. The Hall–Kier alpha value is -1.15. The van der Waals surface area contributed by atoms with Gasteiger partial charge in [0.1, 0.15) is 18.5 Å². The molecule has 2 rings (SSSR count). The fraction of sp³-hybridized carbons (Fsp3) is 0.625. The van der Waals surface area contributed by atoms with Gasteiger partial charge >= 0.3 is 0 Å². The molecule has 7 heteroatoms. The van der Waals surface area contributed by atoms with Crippen molar-refractivity contribution in [2.45, 2.75) is 31.9 Å². The van der Waals surface area contributed by atoms with Gasteiger partial charge in [-0.2, -0.15) is 0 Å². The van der Waals surface area contributed by atoms with E-state index < -0.39 is 16.1 Å². The number of hydrogen-bond acceptors (Lipinski definition) is 5. The monoisotopic (exact) mass is 342 g/mol. The van der Waals surface area contributed by atoms with Crippen molar-refractivity contribution in [3.05, 3.63) is 29.8 Å². The molecule has 0 aliphatic carbocycles. The van der Waals surface area contributed by atoms with Crippen molar-refractivity contribution >= 4 is 10.0 Å². The zero-order chi connectivity index (χ0) is 16.9. The number of aliphatic hydroxyl groups is 1. The summed E-state index contributed by atoms with van der Waals surface area (Å²) >= 11 is 0. The first-order chi connectivity index (χ1) is 10.8. The van der Waals surface area contributed by atoms with Gasteiger partial charge in [0.2, 0.25) is 10.0 Å². The number of aryl methyl sites for hydroxylation is 1. The smallest absolute Gasteiger partial charge is 0.208 e. The molecule has 0 radical (unpaired) electrons. The lowest BCUT2D eigenvalue weighted by molar-refractivity contribution is 0.0590. The van der Waals surface area contributed by atoms with E-state index in [4.69, 9.17) is 4.74 Å². The third kappa shape index (κ3) is 6.87. The molecule has 0 saturated carbocycles. The van der Waals surface area contributed by atoms with Gasteiger partial charge < -0.3 is 14.7 Å². The number of likely N-dealkylation sites (tertiary alicyclic amines) is 1. The largest absolute Gasteiger partial charge is 0.491 e. The second-order valence-electron chi connectivity index (χ2n) is 6.24. The quantitative estimate of drug-likeness (QED) is 0.764. The first kappa shape index (κ1) is 18.2. The normalized spacial score (nSPS) is 18.7. The second kappa shape index (κ2) is 8.10. The molecule has 0 aromatic heterocycles. The molecule has 1 aliphatic rings. The van der Waals surface area contributed by atoms with Crippen molar-refractivity contribution < 1.29 is 18.3 Å². The summed E-state index contributed by atoms with van der Waals surface area (Å²) in [6.07, 6.45) is 2.15. The molecule has 1 aromatic carbocycles. The summed E-state index contributed by atoms with van der Waals surface area (Å²) < 4.78 is 30.7. The van der Waals surface area contributed by atoms with Crippen LogP contribution in [0.5, 0.6) is 5.75 Å². The first-order valence-electron chi connectivity index (χ1n) is 7.89. The fourth-order valence-corrected chi connectivity index (χ4v) is 3.56. The lowest BCUT2D eigenvalue weighted by Gasteiger charge is -2.33. The number of rotatable bonds is 7. The molecule has 130 valence electrons. The second-order valence-corrected chi connectivity index (χ2v) is 8.02. The molecular formula is C16H26N2O4S. The molecule has 1 aliphatic heterocycles. The van der Waals surface area contributed by atoms with E-state index in [2.05, 4.69) is 9.62 Å². The maximum atomic E-state index is 11.2. The zero-order valence-electron chi connectivity index (χ0n) is 13.7. The summed E-state index contributed by atoms with van der Waals surface area (Å²) in [6.45, 7) is 4.35. The Morgan fingerprint density at radius 1 is 1.30 bits per heavy atom. The molecule has 1 heterocycles. The average Bonchev–Trinajstić information content (AvgIpc) is 2.47. The lowest BCUT2D eigenvalue weighted by Crippen LogP contribution is -2.46. The highest BCUT2D eigenvalue weighted by Crippen LogP contribution is 2.13. The van der Waals surface area contributed by atoms with E-state index in [1.54, 1.807) is 0 Å². The molecule has 2 N–H and O–H groups in total. The minimum absolute atomic E-state index is 0.00204. The van der Waals surface area contributed by atoms with Crippen molar-refractivity contribution in [3.63, 3.8) is 0 Å². The van der Waals surface area contributed by atoms with Crippen LogP contribution in [0.4, 0.5) is 0 Å². The van der Waals surface area contributed by atoms with E-state index in [9.17, 15) is 13.5 Å². The van der Waals surface area contributed by atoms with Crippen molar-refractivity contribution in [3.8, 4) is 5.75 Å². The first-order valence-corrected chi connectivity index (χ1v) is 9.78. The van der Waals surface area contributed by atoms with Crippen LogP contribution in [0.15, 0.2) is 24.3 Å². The predicted molar refractivity (Wildman–Crippen MR) is 90.1 cm³/mol. The van der Waals surface area contributed by atoms with Crippen molar-refractivity contribution in [2.75, 3.05) is 32.5 Å². The van der Waals surface area contributed by atoms with Gasteiger partial charge in [-0.1, -0.05) is 17.7 Å². The molecule has 6 nitrogen and oxygen atoms in total. The minimum Gasteiger partial charge on any atom is -0.491 e. The van der Waals surface area contributed by atoms with E-state index >= 15 is 0 Å². The van der Waals surface area contributed by atoms with Crippen LogP contribution >= 0.6 is 0 Å². The minimum atomic E-state index is -3.14. The van der Waals surface area contributed by atoms with E-state index in [0.717, 1.165) is 31.7 Å². The Labute approximate surface area is 138 Å². The molecule has 1 saturated heterocycles. The van der Waals surface area contributed by atoms with E-state index in [-0.39, 0.29) is 12.6 Å². The molecule has 1 fully saturated rings. The molecule has 0 spiro atoms. The maximum absolute atomic E-state index is 11.2. The molecule has 0 bridgehead atoms. The number of benzene rings is 1. The third-order valence-electron chi connectivity index (χ3n) is 3.90. The van der Waals surface area contributed by atoms with Gasteiger partial charge in [-0.25, -0.2) is 13.1 Å². The number of nitrogens with zero attached hydrogens (tertiary/aromatic N) is 1. The topological polar surface area (TPSA) is 78.9 Å². The van der Waals surface area contributed by atoms with Gasteiger partial charge in [0, 0.05) is 12.6 Å². The van der Waals surface area contributed by atoms with Crippen molar-refractivity contribution in [2.24, 2.45) is 0 Å². The van der Waals surface area contributed by atoms with Crippen LogP contribution < -0.4 is 9.46 Å². The third-order valence-corrected chi connectivity index (χ3v) is 4.66. The summed E-state index contributed by atoms with van der Waals surface area (Å²) in [6, 6.07) is 7.74. The summed E-state index contributed by atoms with van der Waals surface area (Å²) in [4.78, 5) is 2.14. The molecular weight excluding hydrogens is 316 g/mol. The molecule has 23 heavy (non-hydrogen) atoms. The Kier molecular flexibility index (Phi) is 6.41.